The van der Waals surface area contributed by atoms with Crippen LogP contribution in [0.2, 0.25) is 0 Å². The molecule has 1 atom stereocenters. The molecule has 62 valence electrons. The Morgan fingerprint density at radius 2 is 2.00 bits per heavy atom. The maximum Gasteiger partial charge on any atom is 0.143 e. The van der Waals surface area contributed by atoms with Crippen molar-refractivity contribution in [3.8, 4) is 12.1 Å². The first-order valence-corrected chi connectivity index (χ1v) is 3.76. The van der Waals surface area contributed by atoms with E-state index in [1.165, 1.54) is 0 Å². The smallest absolute Gasteiger partial charge is 0.143 e. The second-order valence-electron chi connectivity index (χ2n) is 3.00. The van der Waals surface area contributed by atoms with Crippen molar-refractivity contribution < 1.29 is 0 Å². The zero-order valence-corrected chi connectivity index (χ0v) is 7.05. The average Bonchev–Trinajstić information content (AvgIpc) is 2.46. The molecule has 1 unspecified atom stereocenters. The average molecular weight is 162 g/mol. The Kier molecular flexibility index (Phi) is 2.32. The molecule has 0 fully saturated rings. The molecule has 1 heterocycles. The molecule has 0 aromatic heterocycles. The van der Waals surface area contributed by atoms with Gasteiger partial charge in [-0.15, -0.1) is 0 Å². The summed E-state index contributed by atoms with van der Waals surface area (Å²) in [5.41, 5.74) is 6.42. The van der Waals surface area contributed by atoms with Gasteiger partial charge in [0.2, 0.25) is 0 Å². The summed E-state index contributed by atoms with van der Waals surface area (Å²) in [5.74, 6) is 0.304. The van der Waals surface area contributed by atoms with Gasteiger partial charge in [-0.2, -0.15) is 10.5 Å². The summed E-state index contributed by atoms with van der Waals surface area (Å²) in [6.45, 7) is 3.99. The predicted octanol–water partition coefficient (Wildman–Crippen LogP) is 0.420. The minimum Gasteiger partial charge on any atom is -0.311 e. The quantitative estimate of drug-likeness (QED) is 0.586. The number of nitrogens with one attached hydrogen (secondary N) is 2. The third-order valence-corrected chi connectivity index (χ3v) is 1.83. The molecular formula is C8H10N4. The highest BCUT2D eigenvalue weighted by Crippen LogP contribution is 2.17. The van der Waals surface area contributed by atoms with E-state index in [2.05, 4.69) is 10.9 Å². The summed E-state index contributed by atoms with van der Waals surface area (Å²) in [4.78, 5) is 0. The Bertz CT molecular complexity index is 289. The lowest BCUT2D eigenvalue weighted by Crippen LogP contribution is -2.36. The number of nitrogens with zero attached hydrogens (tertiary/aromatic N) is 2. The van der Waals surface area contributed by atoms with E-state index in [0.717, 1.165) is 0 Å². The molecular weight excluding hydrogens is 152 g/mol. The van der Waals surface area contributed by atoms with Gasteiger partial charge in [0, 0.05) is 0 Å². The minimum atomic E-state index is -0.0374. The summed E-state index contributed by atoms with van der Waals surface area (Å²) in [6.07, 6.45) is 0. The molecule has 0 saturated heterocycles. The SMILES string of the molecule is CC(C)C1NNC(C#N)=C1C#N. The molecule has 0 aliphatic carbocycles. The minimum absolute atomic E-state index is 0.0374. The van der Waals surface area contributed by atoms with Gasteiger partial charge in [0.25, 0.3) is 0 Å². The molecule has 4 heteroatoms. The highest BCUT2D eigenvalue weighted by molar-refractivity contribution is 5.42. The summed E-state index contributed by atoms with van der Waals surface area (Å²) in [6, 6.07) is 3.92. The van der Waals surface area contributed by atoms with Crippen molar-refractivity contribution in [2.24, 2.45) is 5.92 Å². The Labute approximate surface area is 71.5 Å². The van der Waals surface area contributed by atoms with E-state index < -0.39 is 0 Å². The zero-order valence-electron chi connectivity index (χ0n) is 7.05. The standard InChI is InChI=1S/C8H10N4/c1-5(2)8-6(3-9)7(4-10)11-12-8/h5,8,11-12H,1-2H3. The van der Waals surface area contributed by atoms with Crippen LogP contribution < -0.4 is 10.9 Å². The van der Waals surface area contributed by atoms with Crippen molar-refractivity contribution in [2.75, 3.05) is 0 Å². The maximum absolute atomic E-state index is 8.75. The van der Waals surface area contributed by atoms with Crippen LogP contribution in [0.3, 0.4) is 0 Å². The predicted molar refractivity (Wildman–Crippen MR) is 43.1 cm³/mol. The topological polar surface area (TPSA) is 71.6 Å². The summed E-state index contributed by atoms with van der Waals surface area (Å²) >= 11 is 0. The molecule has 1 rings (SSSR count). The molecule has 0 spiro atoms. The van der Waals surface area contributed by atoms with Crippen molar-refractivity contribution in [3.05, 3.63) is 11.3 Å². The fourth-order valence-corrected chi connectivity index (χ4v) is 1.16. The van der Waals surface area contributed by atoms with E-state index in [4.69, 9.17) is 10.5 Å². The second-order valence-corrected chi connectivity index (χ2v) is 3.00. The van der Waals surface area contributed by atoms with Crippen molar-refractivity contribution in [3.63, 3.8) is 0 Å². The third kappa shape index (κ3) is 1.25. The molecule has 0 amide bonds. The molecule has 0 aromatic carbocycles. The maximum atomic E-state index is 8.75. The van der Waals surface area contributed by atoms with Gasteiger partial charge in [-0.1, -0.05) is 13.8 Å². The van der Waals surface area contributed by atoms with Crippen molar-refractivity contribution >= 4 is 0 Å². The number of rotatable bonds is 1. The molecule has 1 aliphatic heterocycles. The third-order valence-electron chi connectivity index (χ3n) is 1.83. The largest absolute Gasteiger partial charge is 0.311 e. The van der Waals surface area contributed by atoms with Crippen LogP contribution >= 0.6 is 0 Å². The van der Waals surface area contributed by atoms with Crippen LogP contribution in [0, 0.1) is 28.6 Å². The van der Waals surface area contributed by atoms with Crippen LogP contribution in [-0.2, 0) is 0 Å². The summed E-state index contributed by atoms with van der Waals surface area (Å²) in [5, 5.41) is 17.4. The number of hydrogen-bond donors (Lipinski definition) is 2. The van der Waals surface area contributed by atoms with Gasteiger partial charge in [0.15, 0.2) is 0 Å². The number of nitriles is 2. The van der Waals surface area contributed by atoms with Gasteiger partial charge in [-0.05, 0) is 5.92 Å². The first-order valence-electron chi connectivity index (χ1n) is 3.76. The van der Waals surface area contributed by atoms with Gasteiger partial charge in [0.05, 0.1) is 17.7 Å². The monoisotopic (exact) mass is 162 g/mol. The number of hydrazine groups is 1. The van der Waals surface area contributed by atoms with E-state index in [1.54, 1.807) is 0 Å². The molecule has 4 nitrogen and oxygen atoms in total. The molecule has 1 aliphatic rings. The van der Waals surface area contributed by atoms with E-state index in [0.29, 0.717) is 17.2 Å². The molecule has 0 saturated carbocycles. The van der Waals surface area contributed by atoms with Crippen LogP contribution in [0.4, 0.5) is 0 Å². The number of hydrogen-bond acceptors (Lipinski definition) is 4. The van der Waals surface area contributed by atoms with Crippen molar-refractivity contribution in [1.82, 2.24) is 10.9 Å². The van der Waals surface area contributed by atoms with Gasteiger partial charge in [0.1, 0.15) is 11.8 Å². The van der Waals surface area contributed by atoms with E-state index >= 15 is 0 Å². The molecule has 0 aromatic rings. The number of allylic oxidation sites excluding steroid dienone is 1. The van der Waals surface area contributed by atoms with Gasteiger partial charge >= 0.3 is 0 Å². The Morgan fingerprint density at radius 3 is 2.42 bits per heavy atom. The lowest BCUT2D eigenvalue weighted by atomic mass is 9.98. The zero-order chi connectivity index (χ0) is 9.14. The second kappa shape index (κ2) is 3.25. The molecule has 0 radical (unpaired) electrons. The first-order chi connectivity index (χ1) is 5.70. The van der Waals surface area contributed by atoms with Gasteiger partial charge in [-0.3, -0.25) is 0 Å². The fourth-order valence-electron chi connectivity index (χ4n) is 1.16. The first kappa shape index (κ1) is 8.58. The van der Waals surface area contributed by atoms with Crippen LogP contribution in [0.15, 0.2) is 11.3 Å². The molecule has 0 bridgehead atoms. The molecule has 12 heavy (non-hydrogen) atoms. The van der Waals surface area contributed by atoms with Gasteiger partial charge in [-0.25, -0.2) is 5.43 Å². The van der Waals surface area contributed by atoms with Crippen LogP contribution in [-0.4, -0.2) is 6.04 Å². The van der Waals surface area contributed by atoms with E-state index in [1.807, 2.05) is 26.0 Å². The lowest BCUT2D eigenvalue weighted by molar-refractivity contribution is 0.454. The summed E-state index contributed by atoms with van der Waals surface area (Å²) < 4.78 is 0. The van der Waals surface area contributed by atoms with Crippen LogP contribution in [0.1, 0.15) is 13.8 Å². The molecule has 2 N–H and O–H groups in total. The van der Waals surface area contributed by atoms with Crippen LogP contribution in [0.5, 0.6) is 0 Å². The highest BCUT2D eigenvalue weighted by Gasteiger charge is 2.27. The normalized spacial score (nSPS) is 21.9. The van der Waals surface area contributed by atoms with E-state index in [-0.39, 0.29) is 6.04 Å². The van der Waals surface area contributed by atoms with Crippen molar-refractivity contribution in [1.29, 1.82) is 10.5 Å². The van der Waals surface area contributed by atoms with E-state index in [9.17, 15) is 0 Å². The summed E-state index contributed by atoms with van der Waals surface area (Å²) in [7, 11) is 0. The Morgan fingerprint density at radius 1 is 1.33 bits per heavy atom. The van der Waals surface area contributed by atoms with Crippen LogP contribution in [0.25, 0.3) is 0 Å². The lowest BCUT2D eigenvalue weighted by Gasteiger charge is -2.13. The Balaban J connectivity index is 2.95. The highest BCUT2D eigenvalue weighted by atomic mass is 15.4. The van der Waals surface area contributed by atoms with Crippen molar-refractivity contribution in [2.45, 2.75) is 19.9 Å². The Hall–Kier alpha value is -1.52. The fraction of sp³-hybridized carbons (Fsp3) is 0.500. The van der Waals surface area contributed by atoms with Gasteiger partial charge < -0.3 is 5.43 Å².